The summed E-state index contributed by atoms with van der Waals surface area (Å²) in [5.74, 6) is -0.331. The standard InChI is InChI=1S/C10H13F3N2O3S/c1-6-3-7(2)9(16)8(4-6)15-19(17,18)14-5-10(11,12)13/h3-4,14-16H,5H2,1-2H3. The van der Waals surface area contributed by atoms with Crippen LogP contribution in [0.25, 0.3) is 0 Å². The van der Waals surface area contributed by atoms with Crippen molar-refractivity contribution in [3.05, 3.63) is 23.3 Å². The van der Waals surface area contributed by atoms with Crippen LogP contribution in [0.2, 0.25) is 0 Å². The molecule has 1 aromatic carbocycles. The zero-order valence-corrected chi connectivity index (χ0v) is 11.0. The van der Waals surface area contributed by atoms with Crippen molar-refractivity contribution in [2.24, 2.45) is 0 Å². The van der Waals surface area contributed by atoms with Gasteiger partial charge >= 0.3 is 6.18 Å². The summed E-state index contributed by atoms with van der Waals surface area (Å²) in [7, 11) is -4.40. The molecule has 19 heavy (non-hydrogen) atoms. The molecule has 108 valence electrons. The van der Waals surface area contributed by atoms with Gasteiger partial charge in [-0.3, -0.25) is 4.72 Å². The molecule has 0 heterocycles. The molecule has 0 saturated heterocycles. The largest absolute Gasteiger partial charge is 0.505 e. The van der Waals surface area contributed by atoms with Gasteiger partial charge in [-0.2, -0.15) is 26.3 Å². The molecule has 0 atom stereocenters. The molecule has 1 rings (SSSR count). The minimum absolute atomic E-state index is 0.174. The molecule has 3 N–H and O–H groups in total. The number of hydrogen-bond donors (Lipinski definition) is 3. The van der Waals surface area contributed by atoms with Crippen molar-refractivity contribution in [1.29, 1.82) is 0 Å². The summed E-state index contributed by atoms with van der Waals surface area (Å²) in [4.78, 5) is 0. The van der Waals surface area contributed by atoms with Crippen LogP contribution in [-0.2, 0) is 10.2 Å². The summed E-state index contributed by atoms with van der Waals surface area (Å²) >= 11 is 0. The van der Waals surface area contributed by atoms with Gasteiger partial charge in [0.15, 0.2) is 0 Å². The van der Waals surface area contributed by atoms with E-state index in [0.717, 1.165) is 0 Å². The van der Waals surface area contributed by atoms with E-state index in [0.29, 0.717) is 11.1 Å². The maximum atomic E-state index is 11.9. The Morgan fingerprint density at radius 3 is 2.37 bits per heavy atom. The Balaban J connectivity index is 2.90. The first kappa shape index (κ1) is 15.6. The van der Waals surface area contributed by atoms with E-state index in [1.165, 1.54) is 10.8 Å². The number of halogens is 3. The van der Waals surface area contributed by atoms with Gasteiger partial charge in [0.25, 0.3) is 10.2 Å². The molecule has 0 amide bonds. The highest BCUT2D eigenvalue weighted by molar-refractivity contribution is 7.90. The average Bonchev–Trinajstić information content (AvgIpc) is 2.21. The van der Waals surface area contributed by atoms with E-state index in [-0.39, 0.29) is 11.4 Å². The molecule has 0 unspecified atom stereocenters. The quantitative estimate of drug-likeness (QED) is 0.742. The zero-order chi connectivity index (χ0) is 14.8. The average molecular weight is 298 g/mol. The van der Waals surface area contributed by atoms with Crippen molar-refractivity contribution in [3.8, 4) is 5.75 Å². The van der Waals surface area contributed by atoms with Crippen LogP contribution in [0.5, 0.6) is 5.75 Å². The summed E-state index contributed by atoms with van der Waals surface area (Å²) in [6, 6.07) is 2.92. The maximum Gasteiger partial charge on any atom is 0.402 e. The maximum absolute atomic E-state index is 11.9. The smallest absolute Gasteiger partial charge is 0.402 e. The van der Waals surface area contributed by atoms with E-state index in [2.05, 4.69) is 0 Å². The van der Waals surface area contributed by atoms with Crippen LogP contribution in [-0.4, -0.2) is 26.2 Å². The number of benzene rings is 1. The predicted octanol–water partition coefficient (Wildman–Crippen LogP) is 1.82. The minimum atomic E-state index is -4.65. The van der Waals surface area contributed by atoms with Gasteiger partial charge in [-0.25, -0.2) is 0 Å². The molecule has 5 nitrogen and oxygen atoms in total. The van der Waals surface area contributed by atoms with E-state index < -0.39 is 22.9 Å². The number of hydrogen-bond acceptors (Lipinski definition) is 3. The SMILES string of the molecule is Cc1cc(C)c(O)c(NS(=O)(=O)NCC(F)(F)F)c1. The fraction of sp³-hybridized carbons (Fsp3) is 0.400. The molecule has 0 aliphatic carbocycles. The van der Waals surface area contributed by atoms with Crippen molar-refractivity contribution in [3.63, 3.8) is 0 Å². The highest BCUT2D eigenvalue weighted by atomic mass is 32.2. The highest BCUT2D eigenvalue weighted by Gasteiger charge is 2.29. The van der Waals surface area contributed by atoms with Crippen molar-refractivity contribution in [1.82, 2.24) is 4.72 Å². The van der Waals surface area contributed by atoms with Gasteiger partial charge in [-0.15, -0.1) is 0 Å². The van der Waals surface area contributed by atoms with E-state index in [1.54, 1.807) is 19.9 Å². The minimum Gasteiger partial charge on any atom is -0.505 e. The van der Waals surface area contributed by atoms with Crippen LogP contribution in [0.15, 0.2) is 12.1 Å². The number of nitrogens with one attached hydrogen (secondary N) is 2. The second kappa shape index (κ2) is 5.25. The van der Waals surface area contributed by atoms with Crippen LogP contribution in [0.4, 0.5) is 18.9 Å². The van der Waals surface area contributed by atoms with Crippen molar-refractivity contribution in [2.75, 3.05) is 11.3 Å². The molecule has 0 saturated carbocycles. The van der Waals surface area contributed by atoms with E-state index in [1.807, 2.05) is 4.72 Å². The number of aromatic hydroxyl groups is 1. The van der Waals surface area contributed by atoms with Gasteiger partial charge in [0, 0.05) is 0 Å². The number of phenols is 1. The lowest BCUT2D eigenvalue weighted by atomic mass is 10.1. The summed E-state index contributed by atoms with van der Waals surface area (Å²) < 4.78 is 61.8. The Morgan fingerprint density at radius 1 is 1.26 bits per heavy atom. The fourth-order valence-electron chi connectivity index (χ4n) is 1.40. The molecule has 0 fully saturated rings. The number of alkyl halides is 3. The first-order chi connectivity index (χ1) is 8.50. The van der Waals surface area contributed by atoms with Crippen LogP contribution in [0.3, 0.4) is 0 Å². The molecule has 0 aliphatic rings. The van der Waals surface area contributed by atoms with Gasteiger partial charge in [0.05, 0.1) is 5.69 Å². The number of anilines is 1. The van der Waals surface area contributed by atoms with E-state index >= 15 is 0 Å². The Labute approximate surface area is 108 Å². The summed E-state index contributed by atoms with van der Waals surface area (Å²) in [5.41, 5.74) is 0.893. The predicted molar refractivity (Wildman–Crippen MR) is 64.2 cm³/mol. The Bertz CT molecular complexity index is 570. The van der Waals surface area contributed by atoms with Crippen LogP contribution in [0.1, 0.15) is 11.1 Å². The van der Waals surface area contributed by atoms with Gasteiger partial charge in [0.1, 0.15) is 12.3 Å². The first-order valence-corrected chi connectivity index (χ1v) is 6.63. The summed E-state index contributed by atoms with van der Waals surface area (Å²) in [5, 5.41) is 9.64. The molecule has 9 heteroatoms. The van der Waals surface area contributed by atoms with E-state index in [9.17, 15) is 26.7 Å². The molecule has 0 spiro atoms. The number of rotatable bonds is 4. The van der Waals surface area contributed by atoms with Crippen LogP contribution >= 0.6 is 0 Å². The second-order valence-corrected chi connectivity index (χ2v) is 5.52. The van der Waals surface area contributed by atoms with Gasteiger partial charge in [-0.05, 0) is 31.0 Å². The monoisotopic (exact) mass is 298 g/mol. The normalized spacial score (nSPS) is 12.5. The molecule has 0 aliphatic heterocycles. The van der Waals surface area contributed by atoms with Gasteiger partial charge < -0.3 is 5.11 Å². The van der Waals surface area contributed by atoms with Crippen molar-refractivity contribution in [2.45, 2.75) is 20.0 Å². The summed E-state index contributed by atoms with van der Waals surface area (Å²) in [6.07, 6.45) is -4.65. The molecule has 0 radical (unpaired) electrons. The fourth-order valence-corrected chi connectivity index (χ4v) is 2.27. The third kappa shape index (κ3) is 4.95. The van der Waals surface area contributed by atoms with Gasteiger partial charge in [0.2, 0.25) is 0 Å². The lowest BCUT2D eigenvalue weighted by molar-refractivity contribution is -0.121. The zero-order valence-electron chi connectivity index (χ0n) is 10.2. The van der Waals surface area contributed by atoms with Crippen molar-refractivity contribution >= 4 is 15.9 Å². The number of phenolic OH excluding ortho intramolecular Hbond substituents is 1. The van der Waals surface area contributed by atoms with Crippen LogP contribution < -0.4 is 9.44 Å². The van der Waals surface area contributed by atoms with E-state index in [4.69, 9.17) is 0 Å². The van der Waals surface area contributed by atoms with Crippen LogP contribution in [0, 0.1) is 13.8 Å². The topological polar surface area (TPSA) is 78.4 Å². The highest BCUT2D eigenvalue weighted by Crippen LogP contribution is 2.29. The van der Waals surface area contributed by atoms with Gasteiger partial charge in [-0.1, -0.05) is 6.07 Å². The molecule has 1 aromatic rings. The second-order valence-electron chi connectivity index (χ2n) is 4.02. The van der Waals surface area contributed by atoms with Crippen molar-refractivity contribution < 1.29 is 26.7 Å². The Morgan fingerprint density at radius 2 is 1.84 bits per heavy atom. The summed E-state index contributed by atoms with van der Waals surface area (Å²) in [6.45, 7) is 1.52. The lowest BCUT2D eigenvalue weighted by Gasteiger charge is -2.13. The molecular weight excluding hydrogens is 285 g/mol. The Kier molecular flexibility index (Phi) is 4.31. The number of aryl methyl sites for hydroxylation is 2. The molecule has 0 aromatic heterocycles. The Hall–Kier alpha value is -1.48. The third-order valence-corrected chi connectivity index (χ3v) is 3.16. The third-order valence-electron chi connectivity index (χ3n) is 2.15. The molecule has 0 bridgehead atoms. The lowest BCUT2D eigenvalue weighted by Crippen LogP contribution is -2.37. The molecular formula is C10H13F3N2O3S. The first-order valence-electron chi connectivity index (χ1n) is 5.14.